The summed E-state index contributed by atoms with van der Waals surface area (Å²) in [4.78, 5) is 17.9. The molecule has 0 aliphatic carbocycles. The highest BCUT2D eigenvalue weighted by Gasteiger charge is 2.35. The number of unbranched alkanes of at least 4 members (excludes halogenated alkanes) is 1. The zero-order valence-corrected chi connectivity index (χ0v) is 23.6. The lowest BCUT2D eigenvalue weighted by Crippen LogP contribution is -2.29. The van der Waals surface area contributed by atoms with E-state index >= 15 is 0 Å². The highest BCUT2D eigenvalue weighted by atomic mass is 32.2. The molecule has 1 aliphatic heterocycles. The molecule has 0 radical (unpaired) electrons. The minimum atomic E-state index is -0.585. The number of halogens is 1. The average Bonchev–Trinajstić information content (AvgIpc) is 3.33. The first-order valence-corrected chi connectivity index (χ1v) is 14.3. The molecule has 2 aromatic carbocycles. The summed E-state index contributed by atoms with van der Waals surface area (Å²) in [5.41, 5.74) is 2.32. The van der Waals surface area contributed by atoms with Crippen LogP contribution in [0, 0.1) is 5.82 Å². The molecule has 0 bridgehead atoms. The van der Waals surface area contributed by atoms with Crippen LogP contribution in [0.5, 0.6) is 11.5 Å². The first-order valence-electron chi connectivity index (χ1n) is 13.3. The number of carbonyl (C=O) groups excluding carboxylic acids is 1. The van der Waals surface area contributed by atoms with Crippen LogP contribution >= 0.6 is 11.8 Å². The maximum atomic E-state index is 14.1. The van der Waals surface area contributed by atoms with Gasteiger partial charge < -0.3 is 19.5 Å². The van der Waals surface area contributed by atoms with E-state index in [1.165, 1.54) is 6.07 Å². The molecule has 8 nitrogen and oxygen atoms in total. The molecule has 0 fully saturated rings. The predicted molar refractivity (Wildman–Crippen MR) is 150 cm³/mol. The van der Waals surface area contributed by atoms with Gasteiger partial charge in [-0.15, -0.1) is 5.10 Å². The quantitative estimate of drug-likeness (QED) is 0.145. The summed E-state index contributed by atoms with van der Waals surface area (Å²) >= 11 is 1.59. The number of thioether (sulfide) groups is 1. The van der Waals surface area contributed by atoms with Crippen molar-refractivity contribution in [3.05, 3.63) is 70.7 Å². The highest BCUT2D eigenvalue weighted by Crippen LogP contribution is 2.40. The van der Waals surface area contributed by atoms with E-state index in [0.717, 1.165) is 24.2 Å². The molecule has 0 amide bonds. The number of esters is 1. The molecule has 10 heteroatoms. The molecule has 1 unspecified atom stereocenters. The van der Waals surface area contributed by atoms with E-state index < -0.39 is 12.0 Å². The second-order valence-electron chi connectivity index (χ2n) is 9.09. The van der Waals surface area contributed by atoms with E-state index in [-0.39, 0.29) is 12.4 Å². The number of carbonyl (C=O) groups is 1. The standard InChI is InChI=1S/C29H35FN4O4S/c1-5-8-16-39-29-32-28-31-19(4)25(27(35)37-15-6-2)26(34(28)33-29)20-13-14-23(24(17-20)36-7-3)38-18-21-11-9-10-12-22(21)30/h9-14,17,26H,5-8,15-16,18H2,1-4H3,(H,31,32,33). The zero-order valence-electron chi connectivity index (χ0n) is 22.8. The van der Waals surface area contributed by atoms with Gasteiger partial charge in [-0.2, -0.15) is 4.98 Å². The van der Waals surface area contributed by atoms with Crippen molar-refractivity contribution in [3.8, 4) is 11.5 Å². The summed E-state index contributed by atoms with van der Waals surface area (Å²) in [6.07, 6.45) is 2.86. The summed E-state index contributed by atoms with van der Waals surface area (Å²) in [6.45, 7) is 8.59. The van der Waals surface area contributed by atoms with Gasteiger partial charge in [-0.25, -0.2) is 13.9 Å². The second kappa shape index (κ2) is 13.5. The molecule has 1 N–H and O–H groups in total. The molecule has 1 aromatic heterocycles. The smallest absolute Gasteiger partial charge is 0.338 e. The van der Waals surface area contributed by atoms with E-state index in [2.05, 4.69) is 17.2 Å². The number of allylic oxidation sites excluding steroid dienone is 1. The van der Waals surface area contributed by atoms with E-state index in [1.54, 1.807) is 40.7 Å². The number of aromatic nitrogens is 3. The van der Waals surface area contributed by atoms with Gasteiger partial charge in [-0.05, 0) is 50.5 Å². The number of nitrogens with zero attached hydrogens (tertiary/aromatic N) is 3. The van der Waals surface area contributed by atoms with Crippen molar-refractivity contribution in [2.45, 2.75) is 64.8 Å². The van der Waals surface area contributed by atoms with Crippen LogP contribution in [-0.4, -0.2) is 39.7 Å². The van der Waals surface area contributed by atoms with E-state index in [0.29, 0.717) is 59.1 Å². The first kappa shape index (κ1) is 28.5. The number of nitrogens with one attached hydrogen (secondary N) is 1. The van der Waals surface area contributed by atoms with E-state index in [4.69, 9.17) is 19.3 Å². The van der Waals surface area contributed by atoms with Gasteiger partial charge in [0.1, 0.15) is 18.5 Å². The number of ether oxygens (including phenoxy) is 3. The molecular formula is C29H35FN4O4S. The summed E-state index contributed by atoms with van der Waals surface area (Å²) in [6, 6.07) is 11.4. The Morgan fingerprint density at radius 3 is 2.67 bits per heavy atom. The molecular weight excluding hydrogens is 519 g/mol. The molecule has 4 rings (SSSR count). The third-order valence-corrected chi connectivity index (χ3v) is 7.07. The van der Waals surface area contributed by atoms with Crippen molar-refractivity contribution in [1.29, 1.82) is 0 Å². The van der Waals surface area contributed by atoms with Crippen molar-refractivity contribution < 1.29 is 23.4 Å². The van der Waals surface area contributed by atoms with Gasteiger partial charge in [0.15, 0.2) is 11.5 Å². The Bertz CT molecular complexity index is 1330. The maximum absolute atomic E-state index is 14.1. The highest BCUT2D eigenvalue weighted by molar-refractivity contribution is 7.99. The normalized spacial score (nSPS) is 14.5. The molecule has 0 spiro atoms. The van der Waals surface area contributed by atoms with Crippen LogP contribution in [0.25, 0.3) is 0 Å². The maximum Gasteiger partial charge on any atom is 0.338 e. The Hall–Kier alpha value is -3.53. The molecule has 208 valence electrons. The largest absolute Gasteiger partial charge is 0.490 e. The summed E-state index contributed by atoms with van der Waals surface area (Å²) in [7, 11) is 0. The minimum absolute atomic E-state index is 0.0542. The summed E-state index contributed by atoms with van der Waals surface area (Å²) < 4.78 is 33.3. The van der Waals surface area contributed by atoms with Crippen LogP contribution in [-0.2, 0) is 16.1 Å². The van der Waals surface area contributed by atoms with Gasteiger partial charge in [0.05, 0.1) is 18.8 Å². The molecule has 1 aliphatic rings. The van der Waals surface area contributed by atoms with Crippen LogP contribution in [0.2, 0.25) is 0 Å². The fourth-order valence-corrected chi connectivity index (χ4v) is 5.11. The molecule has 3 aromatic rings. The molecule has 39 heavy (non-hydrogen) atoms. The molecule has 2 heterocycles. The molecule has 1 atom stereocenters. The predicted octanol–water partition coefficient (Wildman–Crippen LogP) is 6.53. The van der Waals surface area contributed by atoms with Crippen molar-refractivity contribution in [1.82, 2.24) is 14.8 Å². The number of anilines is 1. The lowest BCUT2D eigenvalue weighted by molar-refractivity contribution is -0.139. The first-order chi connectivity index (χ1) is 19.0. The van der Waals surface area contributed by atoms with Gasteiger partial charge in [0.2, 0.25) is 11.1 Å². The third kappa shape index (κ3) is 6.73. The van der Waals surface area contributed by atoms with Crippen molar-refractivity contribution >= 4 is 23.7 Å². The van der Waals surface area contributed by atoms with Crippen molar-refractivity contribution in [2.24, 2.45) is 0 Å². The number of rotatable bonds is 13. The Kier molecular flexibility index (Phi) is 9.86. The fourth-order valence-electron chi connectivity index (χ4n) is 4.20. The Labute approximate surface area is 232 Å². The minimum Gasteiger partial charge on any atom is -0.490 e. The lowest BCUT2D eigenvalue weighted by Gasteiger charge is -2.28. The molecule has 0 saturated carbocycles. The average molecular weight is 555 g/mol. The van der Waals surface area contributed by atoms with Crippen LogP contribution < -0.4 is 14.8 Å². The number of hydrogen-bond donors (Lipinski definition) is 1. The van der Waals surface area contributed by atoms with E-state index in [1.807, 2.05) is 32.9 Å². The Morgan fingerprint density at radius 2 is 1.92 bits per heavy atom. The number of fused-ring (bicyclic) bond motifs is 1. The van der Waals surface area contributed by atoms with Crippen LogP contribution in [0.3, 0.4) is 0 Å². The fraction of sp³-hybridized carbons (Fsp3) is 0.414. The summed E-state index contributed by atoms with van der Waals surface area (Å²) in [5.74, 6) is 1.69. The Balaban J connectivity index is 1.71. The van der Waals surface area contributed by atoms with Gasteiger partial charge >= 0.3 is 5.97 Å². The monoisotopic (exact) mass is 554 g/mol. The van der Waals surface area contributed by atoms with Crippen molar-refractivity contribution in [2.75, 3.05) is 24.3 Å². The van der Waals surface area contributed by atoms with Gasteiger partial charge in [0, 0.05) is 17.0 Å². The topological polar surface area (TPSA) is 87.5 Å². The van der Waals surface area contributed by atoms with Crippen LogP contribution in [0.15, 0.2) is 58.9 Å². The number of hydrogen-bond acceptors (Lipinski definition) is 8. The Morgan fingerprint density at radius 1 is 1.10 bits per heavy atom. The third-order valence-electron chi connectivity index (χ3n) is 6.14. The van der Waals surface area contributed by atoms with Crippen molar-refractivity contribution in [3.63, 3.8) is 0 Å². The van der Waals surface area contributed by atoms with E-state index in [9.17, 15) is 9.18 Å². The van der Waals surface area contributed by atoms with Gasteiger partial charge in [-0.3, -0.25) is 0 Å². The SMILES string of the molecule is CCCCSc1nc2n(n1)C(c1ccc(OCc3ccccc3F)c(OCC)c1)C(C(=O)OCCC)=C(C)N2. The second-order valence-corrected chi connectivity index (χ2v) is 10.1. The number of benzene rings is 2. The van der Waals surface area contributed by atoms with Gasteiger partial charge in [0.25, 0.3) is 0 Å². The zero-order chi connectivity index (χ0) is 27.8. The lowest BCUT2D eigenvalue weighted by atomic mass is 9.95. The van der Waals surface area contributed by atoms with Gasteiger partial charge in [-0.1, -0.05) is 56.3 Å². The van der Waals surface area contributed by atoms with Crippen LogP contribution in [0.1, 0.15) is 64.1 Å². The molecule has 0 saturated heterocycles. The summed E-state index contributed by atoms with van der Waals surface area (Å²) in [5, 5.41) is 8.64. The van der Waals surface area contributed by atoms with Crippen LogP contribution in [0.4, 0.5) is 10.3 Å².